The Morgan fingerprint density at radius 1 is 1.60 bits per heavy atom. The Hall–Kier alpha value is -1.31. The summed E-state index contributed by atoms with van der Waals surface area (Å²) in [6.07, 6.45) is 6.82. The lowest BCUT2D eigenvalue weighted by molar-refractivity contribution is -0.122. The van der Waals surface area contributed by atoms with Crippen LogP contribution >= 0.6 is 0 Å². The summed E-state index contributed by atoms with van der Waals surface area (Å²) < 4.78 is 0. The highest BCUT2D eigenvalue weighted by molar-refractivity contribution is 5.81. The molecule has 0 aliphatic carbocycles. The third-order valence-corrected chi connectivity index (χ3v) is 2.84. The van der Waals surface area contributed by atoms with Crippen LogP contribution in [0.15, 0.2) is 36.0 Å². The van der Waals surface area contributed by atoms with Crippen LogP contribution in [0.1, 0.15) is 27.2 Å². The van der Waals surface area contributed by atoms with Gasteiger partial charge in [0.25, 0.3) is 0 Å². The molecule has 2 heteroatoms. The number of hydrogen-bond donors (Lipinski definition) is 1. The normalized spacial score (nSPS) is 27.8. The first-order chi connectivity index (χ1) is 7.08. The fourth-order valence-electron chi connectivity index (χ4n) is 1.70. The molecule has 1 N–H and O–H groups in total. The van der Waals surface area contributed by atoms with E-state index in [0.717, 1.165) is 12.0 Å². The molecule has 1 rings (SSSR count). The Bertz CT molecular complexity index is 325. The predicted molar refractivity (Wildman–Crippen MR) is 63.4 cm³/mol. The first-order valence-corrected chi connectivity index (χ1v) is 5.35. The third kappa shape index (κ3) is 2.82. The average Bonchev–Trinajstić information content (AvgIpc) is 2.55. The summed E-state index contributed by atoms with van der Waals surface area (Å²) in [5, 5.41) is 2.98. The second-order valence-electron chi connectivity index (χ2n) is 4.08. The molecule has 1 heterocycles. The van der Waals surface area contributed by atoms with Crippen LogP contribution in [0.2, 0.25) is 0 Å². The van der Waals surface area contributed by atoms with Crippen molar-refractivity contribution in [3.8, 4) is 0 Å². The second kappa shape index (κ2) is 4.96. The van der Waals surface area contributed by atoms with Crippen LogP contribution in [0.3, 0.4) is 0 Å². The van der Waals surface area contributed by atoms with Gasteiger partial charge in [-0.3, -0.25) is 4.79 Å². The molecule has 0 bridgehead atoms. The van der Waals surface area contributed by atoms with E-state index in [4.69, 9.17) is 0 Å². The number of nitrogens with one attached hydrogen (secondary N) is 1. The van der Waals surface area contributed by atoms with E-state index in [1.54, 1.807) is 0 Å². The third-order valence-electron chi connectivity index (χ3n) is 2.84. The van der Waals surface area contributed by atoms with E-state index >= 15 is 0 Å². The van der Waals surface area contributed by atoms with Gasteiger partial charge in [0.2, 0.25) is 5.91 Å². The SMILES string of the molecule is C=C/C(=C\C(C)=C/C)[C@@H]1CC(C)C(=O)N1. The molecule has 1 unspecified atom stereocenters. The van der Waals surface area contributed by atoms with Crippen LogP contribution in [-0.2, 0) is 4.79 Å². The van der Waals surface area contributed by atoms with Gasteiger partial charge in [-0.25, -0.2) is 0 Å². The van der Waals surface area contributed by atoms with Crippen molar-refractivity contribution >= 4 is 5.91 Å². The van der Waals surface area contributed by atoms with Gasteiger partial charge in [-0.05, 0) is 25.8 Å². The van der Waals surface area contributed by atoms with Crippen molar-refractivity contribution in [2.24, 2.45) is 5.92 Å². The molecule has 0 aromatic heterocycles. The summed E-state index contributed by atoms with van der Waals surface area (Å²) in [6, 6.07) is 0.139. The van der Waals surface area contributed by atoms with Gasteiger partial charge < -0.3 is 5.32 Å². The van der Waals surface area contributed by atoms with Crippen LogP contribution in [0.4, 0.5) is 0 Å². The Labute approximate surface area is 91.8 Å². The van der Waals surface area contributed by atoms with E-state index < -0.39 is 0 Å². The molecule has 1 fully saturated rings. The number of carbonyl (C=O) groups is 1. The van der Waals surface area contributed by atoms with Gasteiger partial charge in [-0.15, -0.1) is 0 Å². The molecular formula is C13H19NO. The lowest BCUT2D eigenvalue weighted by atomic mass is 9.99. The monoisotopic (exact) mass is 205 g/mol. The molecule has 1 saturated heterocycles. The van der Waals surface area contributed by atoms with Gasteiger partial charge in [0.05, 0.1) is 6.04 Å². The molecule has 0 saturated carbocycles. The quantitative estimate of drug-likeness (QED) is 0.705. The van der Waals surface area contributed by atoms with Crippen molar-refractivity contribution in [2.45, 2.75) is 33.2 Å². The number of hydrogen-bond acceptors (Lipinski definition) is 1. The molecule has 0 spiro atoms. The molecule has 1 amide bonds. The largest absolute Gasteiger partial charge is 0.349 e. The smallest absolute Gasteiger partial charge is 0.223 e. The highest BCUT2D eigenvalue weighted by Crippen LogP contribution is 2.21. The van der Waals surface area contributed by atoms with Gasteiger partial charge in [-0.2, -0.15) is 0 Å². The zero-order valence-electron chi connectivity index (χ0n) is 9.71. The molecule has 0 aromatic carbocycles. The van der Waals surface area contributed by atoms with Gasteiger partial charge >= 0.3 is 0 Å². The fraction of sp³-hybridized carbons (Fsp3) is 0.462. The minimum atomic E-state index is 0.115. The van der Waals surface area contributed by atoms with Crippen molar-refractivity contribution < 1.29 is 4.79 Å². The average molecular weight is 205 g/mol. The van der Waals surface area contributed by atoms with Crippen molar-refractivity contribution in [3.63, 3.8) is 0 Å². The van der Waals surface area contributed by atoms with Crippen molar-refractivity contribution in [2.75, 3.05) is 0 Å². The fourth-order valence-corrected chi connectivity index (χ4v) is 1.70. The number of amides is 1. The van der Waals surface area contributed by atoms with Gasteiger partial charge in [-0.1, -0.05) is 37.3 Å². The molecule has 82 valence electrons. The van der Waals surface area contributed by atoms with Crippen LogP contribution in [0, 0.1) is 5.92 Å². The summed E-state index contributed by atoms with van der Waals surface area (Å²) >= 11 is 0. The van der Waals surface area contributed by atoms with E-state index in [1.165, 1.54) is 5.57 Å². The van der Waals surface area contributed by atoms with Crippen LogP contribution in [0.25, 0.3) is 0 Å². The van der Waals surface area contributed by atoms with Crippen molar-refractivity contribution in [1.82, 2.24) is 5.32 Å². The Morgan fingerprint density at radius 3 is 2.67 bits per heavy atom. The van der Waals surface area contributed by atoms with Crippen molar-refractivity contribution in [3.05, 3.63) is 36.0 Å². The lowest BCUT2D eigenvalue weighted by Gasteiger charge is -2.11. The van der Waals surface area contributed by atoms with E-state index in [9.17, 15) is 4.79 Å². The lowest BCUT2D eigenvalue weighted by Crippen LogP contribution is -2.27. The first kappa shape index (κ1) is 11.8. The van der Waals surface area contributed by atoms with Crippen LogP contribution in [-0.4, -0.2) is 11.9 Å². The van der Waals surface area contributed by atoms with Crippen LogP contribution in [0.5, 0.6) is 0 Å². The molecule has 2 atom stereocenters. The number of allylic oxidation sites excluding steroid dienone is 3. The topological polar surface area (TPSA) is 29.1 Å². The summed E-state index contributed by atoms with van der Waals surface area (Å²) in [4.78, 5) is 11.4. The zero-order valence-corrected chi connectivity index (χ0v) is 9.71. The Balaban J connectivity index is 2.82. The molecule has 0 aromatic rings. The van der Waals surface area contributed by atoms with Gasteiger partial charge in [0.1, 0.15) is 0 Å². The van der Waals surface area contributed by atoms with E-state index in [2.05, 4.69) is 18.0 Å². The predicted octanol–water partition coefficient (Wildman–Crippen LogP) is 2.59. The van der Waals surface area contributed by atoms with E-state index in [1.807, 2.05) is 32.9 Å². The number of rotatable bonds is 3. The van der Waals surface area contributed by atoms with E-state index in [0.29, 0.717) is 0 Å². The van der Waals surface area contributed by atoms with Gasteiger partial charge in [0, 0.05) is 5.92 Å². The zero-order chi connectivity index (χ0) is 11.4. The van der Waals surface area contributed by atoms with Crippen LogP contribution < -0.4 is 5.32 Å². The Kier molecular flexibility index (Phi) is 3.89. The summed E-state index contributed by atoms with van der Waals surface area (Å²) in [5.74, 6) is 0.259. The maximum absolute atomic E-state index is 11.4. The first-order valence-electron chi connectivity index (χ1n) is 5.35. The number of carbonyl (C=O) groups excluding carboxylic acids is 1. The maximum Gasteiger partial charge on any atom is 0.223 e. The van der Waals surface area contributed by atoms with Gasteiger partial charge in [0.15, 0.2) is 0 Å². The molecule has 15 heavy (non-hydrogen) atoms. The molecule has 2 nitrogen and oxygen atoms in total. The highest BCUT2D eigenvalue weighted by Gasteiger charge is 2.29. The second-order valence-corrected chi connectivity index (χ2v) is 4.08. The summed E-state index contributed by atoms with van der Waals surface area (Å²) in [5.41, 5.74) is 2.29. The molecule has 1 aliphatic heterocycles. The Morgan fingerprint density at radius 2 is 2.27 bits per heavy atom. The highest BCUT2D eigenvalue weighted by atomic mass is 16.2. The van der Waals surface area contributed by atoms with E-state index in [-0.39, 0.29) is 17.9 Å². The van der Waals surface area contributed by atoms with Crippen molar-refractivity contribution in [1.29, 1.82) is 0 Å². The molecule has 1 aliphatic rings. The minimum absolute atomic E-state index is 0.115. The summed E-state index contributed by atoms with van der Waals surface area (Å²) in [6.45, 7) is 9.80. The molecular weight excluding hydrogens is 186 g/mol. The standard InChI is InChI=1S/C13H19NO/c1-5-9(3)7-11(6-2)12-8-10(4)13(15)14-12/h5-7,10,12H,2,8H2,1,3-4H3,(H,14,15)/b9-5-,11-7+/t10?,12-/m0/s1. The minimum Gasteiger partial charge on any atom is -0.349 e. The summed E-state index contributed by atoms with van der Waals surface area (Å²) in [7, 11) is 0. The maximum atomic E-state index is 11.4. The molecule has 0 radical (unpaired) electrons.